The molecule has 1 saturated carbocycles. The van der Waals surface area contributed by atoms with Crippen LogP contribution < -0.4 is 0 Å². The van der Waals surface area contributed by atoms with Gasteiger partial charge in [-0.05, 0) is 25.0 Å². The summed E-state index contributed by atoms with van der Waals surface area (Å²) in [6, 6.07) is 5.45. The summed E-state index contributed by atoms with van der Waals surface area (Å²) >= 11 is 5.80. The second kappa shape index (κ2) is 3.31. The summed E-state index contributed by atoms with van der Waals surface area (Å²) in [5.41, 5.74) is 1.05. The number of aromatic nitrogens is 4. The Morgan fingerprint density at radius 3 is 2.93 bits per heavy atom. The number of halogens is 1. The van der Waals surface area contributed by atoms with Gasteiger partial charge in [-0.15, -0.1) is 5.10 Å². The number of rotatable bonds is 2. The molecule has 0 bridgehead atoms. The Hall–Kier alpha value is -1.42. The van der Waals surface area contributed by atoms with Crippen LogP contribution in [-0.4, -0.2) is 20.0 Å². The maximum Gasteiger partial charge on any atom is 0.156 e. The molecule has 15 heavy (non-hydrogen) atoms. The second-order valence-corrected chi connectivity index (χ2v) is 4.07. The molecule has 0 atom stereocenters. The lowest BCUT2D eigenvalue weighted by molar-refractivity contribution is 0.777. The molecule has 3 rings (SSSR count). The number of hydrogen-bond donors (Lipinski definition) is 0. The first-order chi connectivity index (χ1) is 7.33. The molecule has 76 valence electrons. The normalized spacial score (nSPS) is 15.5. The highest BCUT2D eigenvalue weighted by molar-refractivity contribution is 6.29. The monoisotopic (exact) mass is 220 g/mol. The molecule has 4 nitrogen and oxygen atoms in total. The number of pyridine rings is 1. The zero-order chi connectivity index (χ0) is 10.3. The summed E-state index contributed by atoms with van der Waals surface area (Å²) in [5.74, 6) is 1.32. The summed E-state index contributed by atoms with van der Waals surface area (Å²) in [6.45, 7) is 0. The zero-order valence-electron chi connectivity index (χ0n) is 7.97. The first kappa shape index (κ1) is 8.85. The maximum atomic E-state index is 5.80. The van der Waals surface area contributed by atoms with Crippen LogP contribution in [0.5, 0.6) is 0 Å². The molecule has 0 spiro atoms. The fraction of sp³-hybridized carbons (Fsp3) is 0.300. The third-order valence-electron chi connectivity index (χ3n) is 2.44. The van der Waals surface area contributed by atoms with Gasteiger partial charge in [0.25, 0.3) is 0 Å². The van der Waals surface area contributed by atoms with E-state index in [4.69, 9.17) is 11.6 Å². The van der Waals surface area contributed by atoms with Gasteiger partial charge in [0.1, 0.15) is 5.15 Å². The molecule has 0 amide bonds. The Morgan fingerprint density at radius 2 is 2.20 bits per heavy atom. The smallest absolute Gasteiger partial charge is 0.156 e. The van der Waals surface area contributed by atoms with Crippen LogP contribution in [0.15, 0.2) is 24.4 Å². The Balaban J connectivity index is 1.97. The Bertz CT molecular complexity index is 490. The summed E-state index contributed by atoms with van der Waals surface area (Å²) in [7, 11) is 0. The third kappa shape index (κ3) is 1.72. The van der Waals surface area contributed by atoms with Gasteiger partial charge in [0, 0.05) is 5.92 Å². The maximum absolute atomic E-state index is 5.80. The Kier molecular flexibility index (Phi) is 1.95. The van der Waals surface area contributed by atoms with Gasteiger partial charge in [-0.3, -0.25) is 0 Å². The zero-order valence-corrected chi connectivity index (χ0v) is 8.72. The van der Waals surface area contributed by atoms with Crippen molar-refractivity contribution >= 4 is 11.6 Å². The van der Waals surface area contributed by atoms with Gasteiger partial charge in [0.15, 0.2) is 5.82 Å². The molecule has 0 radical (unpaired) electrons. The highest BCUT2D eigenvalue weighted by atomic mass is 35.5. The Morgan fingerprint density at radius 1 is 1.33 bits per heavy atom. The van der Waals surface area contributed by atoms with E-state index in [0.717, 1.165) is 5.69 Å². The predicted octanol–water partition coefficient (Wildman–Crippen LogP) is 2.19. The van der Waals surface area contributed by atoms with Crippen molar-refractivity contribution in [2.24, 2.45) is 0 Å². The van der Waals surface area contributed by atoms with Crippen LogP contribution in [0.4, 0.5) is 0 Å². The molecule has 2 aromatic heterocycles. The standard InChI is InChI=1S/C10H9ClN4/c11-9-2-1-3-10(12-9)15-6-8(13-14-15)7-4-5-7/h1-3,6-7H,4-5H2. The Labute approximate surface area is 91.9 Å². The van der Waals surface area contributed by atoms with Crippen molar-refractivity contribution in [1.82, 2.24) is 20.0 Å². The minimum atomic E-state index is 0.468. The van der Waals surface area contributed by atoms with Crippen LogP contribution in [0, 0.1) is 0 Å². The molecule has 0 saturated heterocycles. The van der Waals surface area contributed by atoms with Crippen molar-refractivity contribution in [2.45, 2.75) is 18.8 Å². The fourth-order valence-corrected chi connectivity index (χ4v) is 1.64. The lowest BCUT2D eigenvalue weighted by Gasteiger charge is -1.97. The van der Waals surface area contributed by atoms with Crippen molar-refractivity contribution in [2.75, 3.05) is 0 Å². The minimum Gasteiger partial charge on any atom is -0.217 e. The summed E-state index contributed by atoms with van der Waals surface area (Å²) in [5, 5.41) is 8.62. The molecular formula is C10H9ClN4. The van der Waals surface area contributed by atoms with Crippen LogP contribution >= 0.6 is 11.6 Å². The van der Waals surface area contributed by atoms with E-state index >= 15 is 0 Å². The largest absolute Gasteiger partial charge is 0.217 e. The summed E-state index contributed by atoms with van der Waals surface area (Å²) in [6.07, 6.45) is 4.37. The predicted molar refractivity (Wildman–Crippen MR) is 56.1 cm³/mol. The molecule has 2 heterocycles. The van der Waals surface area contributed by atoms with E-state index in [1.54, 1.807) is 10.7 Å². The first-order valence-corrected chi connectivity index (χ1v) is 5.26. The SMILES string of the molecule is Clc1cccc(-n2cc(C3CC3)nn2)n1. The van der Waals surface area contributed by atoms with Crippen molar-refractivity contribution in [3.8, 4) is 5.82 Å². The van der Waals surface area contributed by atoms with E-state index in [2.05, 4.69) is 15.3 Å². The van der Waals surface area contributed by atoms with E-state index in [0.29, 0.717) is 16.9 Å². The molecule has 0 N–H and O–H groups in total. The van der Waals surface area contributed by atoms with Gasteiger partial charge in [-0.2, -0.15) is 0 Å². The van der Waals surface area contributed by atoms with Crippen LogP contribution in [0.25, 0.3) is 5.82 Å². The summed E-state index contributed by atoms with van der Waals surface area (Å²) in [4.78, 5) is 4.16. The number of hydrogen-bond acceptors (Lipinski definition) is 3. The van der Waals surface area contributed by atoms with E-state index in [-0.39, 0.29) is 0 Å². The fourth-order valence-electron chi connectivity index (χ4n) is 1.48. The minimum absolute atomic E-state index is 0.468. The highest BCUT2D eigenvalue weighted by Crippen LogP contribution is 2.38. The topological polar surface area (TPSA) is 43.6 Å². The molecule has 0 unspecified atom stereocenters. The van der Waals surface area contributed by atoms with Crippen LogP contribution in [0.1, 0.15) is 24.5 Å². The van der Waals surface area contributed by atoms with Crippen molar-refractivity contribution in [3.05, 3.63) is 35.2 Å². The number of nitrogens with zero attached hydrogens (tertiary/aromatic N) is 4. The lowest BCUT2D eigenvalue weighted by Crippen LogP contribution is -1.97. The molecule has 1 aliphatic carbocycles. The quantitative estimate of drug-likeness (QED) is 0.729. The summed E-state index contributed by atoms with van der Waals surface area (Å²) < 4.78 is 1.67. The molecular weight excluding hydrogens is 212 g/mol. The lowest BCUT2D eigenvalue weighted by atomic mass is 10.3. The molecule has 1 aliphatic rings. The van der Waals surface area contributed by atoms with Crippen molar-refractivity contribution in [3.63, 3.8) is 0 Å². The average Bonchev–Trinajstić information content (AvgIpc) is 2.97. The molecule has 2 aromatic rings. The van der Waals surface area contributed by atoms with Gasteiger partial charge in [-0.25, -0.2) is 9.67 Å². The van der Waals surface area contributed by atoms with Gasteiger partial charge in [-0.1, -0.05) is 22.9 Å². The van der Waals surface area contributed by atoms with Crippen LogP contribution in [-0.2, 0) is 0 Å². The molecule has 0 aromatic carbocycles. The van der Waals surface area contributed by atoms with Crippen molar-refractivity contribution < 1.29 is 0 Å². The first-order valence-electron chi connectivity index (χ1n) is 4.88. The highest BCUT2D eigenvalue weighted by Gasteiger charge is 2.26. The van der Waals surface area contributed by atoms with Gasteiger partial charge in [0.2, 0.25) is 0 Å². The van der Waals surface area contributed by atoms with Gasteiger partial charge >= 0.3 is 0 Å². The van der Waals surface area contributed by atoms with Crippen LogP contribution in [0.2, 0.25) is 5.15 Å². The van der Waals surface area contributed by atoms with Crippen LogP contribution in [0.3, 0.4) is 0 Å². The van der Waals surface area contributed by atoms with E-state index in [9.17, 15) is 0 Å². The molecule has 0 aliphatic heterocycles. The van der Waals surface area contributed by atoms with Gasteiger partial charge in [0.05, 0.1) is 11.9 Å². The van der Waals surface area contributed by atoms with E-state index in [1.807, 2.05) is 18.3 Å². The second-order valence-electron chi connectivity index (χ2n) is 3.68. The van der Waals surface area contributed by atoms with E-state index < -0.39 is 0 Å². The molecule has 5 heteroatoms. The van der Waals surface area contributed by atoms with Gasteiger partial charge < -0.3 is 0 Å². The third-order valence-corrected chi connectivity index (χ3v) is 2.65. The van der Waals surface area contributed by atoms with E-state index in [1.165, 1.54) is 12.8 Å². The molecule has 1 fully saturated rings. The average molecular weight is 221 g/mol. The van der Waals surface area contributed by atoms with Crippen molar-refractivity contribution in [1.29, 1.82) is 0 Å².